The lowest BCUT2D eigenvalue weighted by molar-refractivity contribution is -0.155. The predicted octanol–water partition coefficient (Wildman–Crippen LogP) is 7.72. The fourth-order valence-electron chi connectivity index (χ4n) is 6.70. The average molecular weight is 677 g/mol. The molecule has 0 N–H and O–H groups in total. The van der Waals surface area contributed by atoms with Crippen LogP contribution < -0.4 is 0 Å². The predicted molar refractivity (Wildman–Crippen MR) is 189 cm³/mol. The zero-order chi connectivity index (χ0) is 35.8. The quantitative estimate of drug-likeness (QED) is 0.0538. The van der Waals surface area contributed by atoms with E-state index in [1.165, 1.54) is 0 Å². The minimum atomic E-state index is -2.24. The van der Waals surface area contributed by atoms with Crippen molar-refractivity contribution in [2.75, 3.05) is 26.4 Å². The number of hydrogen-bond donors (Lipinski definition) is 0. The van der Waals surface area contributed by atoms with Crippen LogP contribution in [-0.2, 0) is 38.1 Å². The van der Waals surface area contributed by atoms with E-state index in [0.29, 0.717) is 44.4 Å². The summed E-state index contributed by atoms with van der Waals surface area (Å²) in [5, 5.41) is 0. The van der Waals surface area contributed by atoms with E-state index in [-0.39, 0.29) is 26.4 Å². The molecule has 8 nitrogen and oxygen atoms in total. The van der Waals surface area contributed by atoms with Gasteiger partial charge in [0.1, 0.15) is 42.2 Å². The third-order valence-electron chi connectivity index (χ3n) is 8.90. The summed E-state index contributed by atoms with van der Waals surface area (Å²) in [6.07, 6.45) is -1.06. The average Bonchev–Trinajstić information content (AvgIpc) is 2.91. The van der Waals surface area contributed by atoms with E-state index in [1.807, 2.05) is 0 Å². The molecule has 0 saturated carbocycles. The molecule has 260 valence electrons. The van der Waals surface area contributed by atoms with Crippen molar-refractivity contribution in [3.05, 3.63) is 11.1 Å². The molecule has 0 aliphatic carbocycles. The van der Waals surface area contributed by atoms with Crippen LogP contribution >= 0.6 is 0 Å². The summed E-state index contributed by atoms with van der Waals surface area (Å²) < 4.78 is 21.0. The fourth-order valence-corrected chi connectivity index (χ4v) is 17.2. The molecule has 0 heterocycles. The Morgan fingerprint density at radius 3 is 0.913 bits per heavy atom. The number of carbonyl (C=O) groups is 4. The van der Waals surface area contributed by atoms with Crippen molar-refractivity contribution in [2.45, 2.75) is 143 Å². The third kappa shape index (κ3) is 12.4. The lowest BCUT2D eigenvalue weighted by atomic mass is 10.1. The smallest absolute Gasteiger partial charge is 0.317 e. The monoisotopic (exact) mass is 676 g/mol. The molecule has 0 aromatic heterocycles. The highest BCUT2D eigenvalue weighted by Crippen LogP contribution is 2.42. The van der Waals surface area contributed by atoms with Crippen molar-refractivity contribution in [3.63, 3.8) is 0 Å². The molecule has 0 fully saturated rings. The van der Waals surface area contributed by atoms with E-state index in [4.69, 9.17) is 18.9 Å². The molecule has 0 bridgehead atoms. The summed E-state index contributed by atoms with van der Waals surface area (Å²) in [5.41, 5.74) is 10.2. The highest BCUT2D eigenvalue weighted by Gasteiger charge is 2.43. The Hall–Kier alpha value is -2.83. The molecule has 0 aromatic rings. The van der Waals surface area contributed by atoms with Crippen LogP contribution in [0.4, 0.5) is 0 Å². The van der Waals surface area contributed by atoms with Crippen molar-refractivity contribution >= 4 is 40.0 Å². The molecular weight excluding hydrogens is 617 g/mol. The van der Waals surface area contributed by atoms with E-state index in [1.54, 1.807) is 13.8 Å². The second-order valence-corrected chi connectivity index (χ2v) is 24.7. The molecule has 0 radical (unpaired) electrons. The number of hydrogen-bond acceptors (Lipinski definition) is 8. The Morgan fingerprint density at radius 1 is 0.457 bits per heavy atom. The van der Waals surface area contributed by atoms with Crippen molar-refractivity contribution < 1.29 is 38.1 Å². The van der Waals surface area contributed by atoms with Gasteiger partial charge in [-0.05, 0) is 47.1 Å². The standard InChI is InChI=1S/C36H60O8Si2/c1-15-41-33(37)21-35(39)43-23-31(17-19-45(25(3)4,26(5)6)27(7)8)32(24-44-36(40)22-34(38)42-16-2)18-20-46(28(9)10,29(11)12)30(13)14/h25-30H,15-16,21-24H2,1-14H3/b32-31+. The minimum absolute atomic E-state index is 0.152. The number of ether oxygens (including phenoxy) is 4. The zero-order valence-electron chi connectivity index (χ0n) is 31.0. The highest BCUT2D eigenvalue weighted by atomic mass is 28.3. The van der Waals surface area contributed by atoms with Crippen LogP contribution in [0.15, 0.2) is 11.1 Å². The van der Waals surface area contributed by atoms with Gasteiger partial charge in [-0.25, -0.2) is 0 Å². The van der Waals surface area contributed by atoms with E-state index in [2.05, 4.69) is 106 Å². The molecule has 46 heavy (non-hydrogen) atoms. The lowest BCUT2D eigenvalue weighted by Crippen LogP contribution is -2.43. The summed E-state index contributed by atoms with van der Waals surface area (Å²) in [6, 6.07) is 0. The molecule has 0 rings (SSSR count). The molecule has 0 unspecified atom stereocenters. The summed E-state index contributed by atoms with van der Waals surface area (Å²) >= 11 is 0. The molecule has 0 aliphatic rings. The van der Waals surface area contributed by atoms with Gasteiger partial charge in [0.05, 0.1) is 24.4 Å². The molecule has 0 spiro atoms. The van der Waals surface area contributed by atoms with Gasteiger partial charge >= 0.3 is 23.9 Å². The van der Waals surface area contributed by atoms with Gasteiger partial charge in [0.15, 0.2) is 0 Å². The van der Waals surface area contributed by atoms with E-state index in [9.17, 15) is 19.2 Å². The Balaban J connectivity index is 7.48. The maximum absolute atomic E-state index is 12.7. The minimum Gasteiger partial charge on any atom is -0.466 e. The lowest BCUT2D eigenvalue weighted by Gasteiger charge is -2.38. The third-order valence-corrected chi connectivity index (χ3v) is 21.5. The summed E-state index contributed by atoms with van der Waals surface area (Å²) in [5.74, 6) is 3.90. The highest BCUT2D eigenvalue weighted by molar-refractivity contribution is 6.91. The van der Waals surface area contributed by atoms with Gasteiger partial charge in [-0.15, -0.1) is 11.1 Å². The van der Waals surface area contributed by atoms with Gasteiger partial charge in [0.2, 0.25) is 0 Å². The molecule has 0 saturated heterocycles. The Kier molecular flexibility index (Phi) is 19.2. The van der Waals surface area contributed by atoms with Gasteiger partial charge in [-0.2, -0.15) is 0 Å². The van der Waals surface area contributed by atoms with Crippen LogP contribution in [0.3, 0.4) is 0 Å². The van der Waals surface area contributed by atoms with Crippen molar-refractivity contribution in [3.8, 4) is 22.9 Å². The van der Waals surface area contributed by atoms with Gasteiger partial charge in [0.25, 0.3) is 0 Å². The van der Waals surface area contributed by atoms with Gasteiger partial charge < -0.3 is 18.9 Å². The zero-order valence-corrected chi connectivity index (χ0v) is 33.0. The van der Waals surface area contributed by atoms with Crippen molar-refractivity contribution in [1.82, 2.24) is 0 Å². The van der Waals surface area contributed by atoms with E-state index < -0.39 is 52.9 Å². The molecule has 0 amide bonds. The van der Waals surface area contributed by atoms with Crippen LogP contribution in [0, 0.1) is 22.9 Å². The van der Waals surface area contributed by atoms with Gasteiger partial charge in [0, 0.05) is 0 Å². The second kappa shape index (κ2) is 20.4. The van der Waals surface area contributed by atoms with E-state index >= 15 is 0 Å². The first kappa shape index (κ1) is 43.2. The second-order valence-electron chi connectivity index (χ2n) is 13.5. The van der Waals surface area contributed by atoms with Gasteiger partial charge in [-0.1, -0.05) is 94.9 Å². The van der Waals surface area contributed by atoms with Crippen LogP contribution in [0.25, 0.3) is 0 Å². The first-order valence-electron chi connectivity index (χ1n) is 16.7. The summed E-state index contributed by atoms with van der Waals surface area (Å²) in [7, 11) is -4.47. The van der Waals surface area contributed by atoms with Crippen LogP contribution in [0.2, 0.25) is 33.2 Å². The number of carbonyl (C=O) groups excluding carboxylic acids is 4. The molecule has 0 atom stereocenters. The SMILES string of the molecule is CCOC(=O)CC(=O)OC/C(C#C[Si](C(C)C)(C(C)C)C(C)C)=C(\C#C[Si](C(C)C)(C(C)C)C(C)C)COC(=O)CC(=O)OCC. The topological polar surface area (TPSA) is 105 Å². The Bertz CT molecular complexity index is 1050. The van der Waals surface area contributed by atoms with Crippen molar-refractivity contribution in [1.29, 1.82) is 0 Å². The Labute approximate surface area is 281 Å². The number of esters is 4. The van der Waals surface area contributed by atoms with Crippen LogP contribution in [0.5, 0.6) is 0 Å². The largest absolute Gasteiger partial charge is 0.466 e. The molecular formula is C36H60O8Si2. The summed E-state index contributed by atoms with van der Waals surface area (Å²) in [4.78, 5) is 49.2. The molecule has 0 aliphatic heterocycles. The maximum Gasteiger partial charge on any atom is 0.317 e. The Morgan fingerprint density at radius 2 is 0.696 bits per heavy atom. The maximum atomic E-state index is 12.7. The van der Waals surface area contributed by atoms with Crippen molar-refractivity contribution in [2.24, 2.45) is 0 Å². The van der Waals surface area contributed by atoms with Gasteiger partial charge in [-0.3, -0.25) is 19.2 Å². The van der Waals surface area contributed by atoms with Crippen LogP contribution in [0.1, 0.15) is 110 Å². The molecule has 0 aromatic carbocycles. The first-order chi connectivity index (χ1) is 21.3. The molecule has 10 heteroatoms. The fraction of sp³-hybridized carbons (Fsp3) is 0.722. The first-order valence-corrected chi connectivity index (χ1v) is 21.2. The number of rotatable bonds is 16. The van der Waals surface area contributed by atoms with Crippen LogP contribution in [-0.4, -0.2) is 66.5 Å². The van der Waals surface area contributed by atoms with E-state index in [0.717, 1.165) is 0 Å². The summed E-state index contributed by atoms with van der Waals surface area (Å²) in [6.45, 7) is 29.6. The normalized spacial score (nSPS) is 12.4.